The summed E-state index contributed by atoms with van der Waals surface area (Å²) in [6, 6.07) is 3.53. The molecule has 21 heavy (non-hydrogen) atoms. The van der Waals surface area contributed by atoms with Crippen molar-refractivity contribution in [2.75, 3.05) is 20.3 Å². The quantitative estimate of drug-likeness (QED) is 0.796. The number of pyridine rings is 1. The third-order valence-electron chi connectivity index (χ3n) is 3.01. The van der Waals surface area contributed by atoms with Crippen LogP contribution in [0.25, 0.3) is 5.82 Å². The summed E-state index contributed by atoms with van der Waals surface area (Å²) in [6.07, 6.45) is 0.415. The molecule has 0 amide bonds. The molecular formula is C14H18F2N4O. The van der Waals surface area contributed by atoms with Crippen molar-refractivity contribution < 1.29 is 13.5 Å². The fourth-order valence-electron chi connectivity index (χ4n) is 1.98. The number of hydrogen-bond donors (Lipinski definition) is 1. The molecule has 0 aliphatic carbocycles. The molecule has 5 nitrogen and oxygen atoms in total. The minimum atomic E-state index is -2.62. The van der Waals surface area contributed by atoms with Crippen molar-refractivity contribution in [2.45, 2.75) is 19.9 Å². The third-order valence-corrected chi connectivity index (χ3v) is 3.01. The first-order valence-electron chi connectivity index (χ1n) is 6.61. The molecule has 0 aliphatic rings. The van der Waals surface area contributed by atoms with Crippen molar-refractivity contribution in [3.05, 3.63) is 41.3 Å². The summed E-state index contributed by atoms with van der Waals surface area (Å²) in [5.41, 5.74) is 1.28. The van der Waals surface area contributed by atoms with E-state index in [1.807, 2.05) is 13.0 Å². The first kappa shape index (κ1) is 15.5. The Bertz CT molecular complexity index is 586. The lowest BCUT2D eigenvalue weighted by Crippen LogP contribution is -2.19. The predicted octanol–water partition coefficient (Wildman–Crippen LogP) is 2.25. The second-order valence-electron chi connectivity index (χ2n) is 4.63. The van der Waals surface area contributed by atoms with Gasteiger partial charge in [-0.25, -0.2) is 18.4 Å². The van der Waals surface area contributed by atoms with Gasteiger partial charge in [0, 0.05) is 32.0 Å². The zero-order chi connectivity index (χ0) is 15.2. The van der Waals surface area contributed by atoms with E-state index in [0.717, 1.165) is 5.56 Å². The van der Waals surface area contributed by atoms with E-state index in [-0.39, 0.29) is 5.69 Å². The molecule has 2 rings (SSSR count). The topological polar surface area (TPSA) is 52.0 Å². The number of aryl methyl sites for hydroxylation is 1. The zero-order valence-electron chi connectivity index (χ0n) is 12.0. The molecule has 0 saturated heterocycles. The number of methoxy groups -OCH3 is 1. The van der Waals surface area contributed by atoms with Gasteiger partial charge in [-0.3, -0.25) is 0 Å². The van der Waals surface area contributed by atoms with E-state index < -0.39 is 6.43 Å². The maximum Gasteiger partial charge on any atom is 0.280 e. The predicted molar refractivity (Wildman–Crippen MR) is 74.6 cm³/mol. The van der Waals surface area contributed by atoms with Gasteiger partial charge in [-0.1, -0.05) is 0 Å². The Morgan fingerprint density at radius 2 is 2.24 bits per heavy atom. The SMILES string of the molecule is COCCNCc1cnn(-c2cc(C)ccn2)c1C(F)F. The summed E-state index contributed by atoms with van der Waals surface area (Å²) in [5.74, 6) is 0.397. The van der Waals surface area contributed by atoms with Crippen molar-refractivity contribution in [3.8, 4) is 5.82 Å². The van der Waals surface area contributed by atoms with Gasteiger partial charge in [-0.15, -0.1) is 0 Å². The van der Waals surface area contributed by atoms with E-state index in [4.69, 9.17) is 4.74 Å². The molecule has 7 heteroatoms. The van der Waals surface area contributed by atoms with E-state index in [0.29, 0.717) is 31.1 Å². The van der Waals surface area contributed by atoms with Crippen LogP contribution in [-0.2, 0) is 11.3 Å². The highest BCUT2D eigenvalue weighted by Crippen LogP contribution is 2.25. The van der Waals surface area contributed by atoms with Gasteiger partial charge in [0.2, 0.25) is 0 Å². The van der Waals surface area contributed by atoms with Crippen LogP contribution in [0.5, 0.6) is 0 Å². The number of halogens is 2. The van der Waals surface area contributed by atoms with Crippen LogP contribution < -0.4 is 5.32 Å². The number of rotatable bonds is 7. The highest BCUT2D eigenvalue weighted by Gasteiger charge is 2.21. The van der Waals surface area contributed by atoms with Gasteiger partial charge < -0.3 is 10.1 Å². The van der Waals surface area contributed by atoms with Gasteiger partial charge in [-0.05, 0) is 24.6 Å². The number of nitrogens with zero attached hydrogens (tertiary/aromatic N) is 3. The Balaban J connectivity index is 2.24. The summed E-state index contributed by atoms with van der Waals surface area (Å²) >= 11 is 0. The Morgan fingerprint density at radius 1 is 1.43 bits per heavy atom. The molecule has 2 aromatic rings. The fraction of sp³-hybridized carbons (Fsp3) is 0.429. The Hall–Kier alpha value is -1.86. The van der Waals surface area contributed by atoms with Gasteiger partial charge >= 0.3 is 0 Å². The van der Waals surface area contributed by atoms with Gasteiger partial charge in [0.1, 0.15) is 5.69 Å². The summed E-state index contributed by atoms with van der Waals surface area (Å²) in [6.45, 7) is 3.31. The summed E-state index contributed by atoms with van der Waals surface area (Å²) in [5, 5.41) is 7.09. The number of nitrogens with one attached hydrogen (secondary N) is 1. The Labute approximate surface area is 121 Å². The summed E-state index contributed by atoms with van der Waals surface area (Å²) in [7, 11) is 1.59. The first-order chi connectivity index (χ1) is 10.1. The molecular weight excluding hydrogens is 278 g/mol. The van der Waals surface area contributed by atoms with Crippen molar-refractivity contribution in [2.24, 2.45) is 0 Å². The van der Waals surface area contributed by atoms with Crippen molar-refractivity contribution >= 4 is 0 Å². The minimum Gasteiger partial charge on any atom is -0.383 e. The van der Waals surface area contributed by atoms with Crippen LogP contribution in [-0.4, -0.2) is 35.0 Å². The molecule has 0 atom stereocenters. The molecule has 0 unspecified atom stereocenters. The van der Waals surface area contributed by atoms with E-state index >= 15 is 0 Å². The molecule has 2 heterocycles. The Morgan fingerprint density at radius 3 is 2.90 bits per heavy atom. The molecule has 1 N–H and O–H groups in total. The van der Waals surface area contributed by atoms with Crippen molar-refractivity contribution in [1.82, 2.24) is 20.1 Å². The molecule has 0 aromatic carbocycles. The van der Waals surface area contributed by atoms with Crippen LogP contribution in [0, 0.1) is 6.92 Å². The van der Waals surface area contributed by atoms with Crippen LogP contribution in [0.15, 0.2) is 24.5 Å². The van der Waals surface area contributed by atoms with Crippen LogP contribution >= 0.6 is 0 Å². The summed E-state index contributed by atoms with van der Waals surface area (Å²) < 4.78 is 32.8. The Kier molecular flexibility index (Phi) is 5.35. The molecule has 0 aliphatic heterocycles. The smallest absolute Gasteiger partial charge is 0.280 e. The molecule has 0 fully saturated rings. The number of ether oxygens (including phenoxy) is 1. The standard InChI is InChI=1S/C14H18F2N4O/c1-10-3-4-18-12(7-10)20-13(14(15)16)11(9-19-20)8-17-5-6-21-2/h3-4,7,9,14,17H,5-6,8H2,1-2H3. The monoisotopic (exact) mass is 296 g/mol. The zero-order valence-corrected chi connectivity index (χ0v) is 12.0. The van der Waals surface area contributed by atoms with Gasteiger partial charge in [0.15, 0.2) is 5.82 Å². The molecule has 2 aromatic heterocycles. The molecule has 114 valence electrons. The van der Waals surface area contributed by atoms with E-state index in [2.05, 4.69) is 15.4 Å². The van der Waals surface area contributed by atoms with Gasteiger partial charge in [0.25, 0.3) is 6.43 Å². The highest BCUT2D eigenvalue weighted by atomic mass is 19.3. The fourth-order valence-corrected chi connectivity index (χ4v) is 1.98. The molecule has 0 radical (unpaired) electrons. The number of hydrogen-bond acceptors (Lipinski definition) is 4. The van der Waals surface area contributed by atoms with E-state index in [1.165, 1.54) is 10.9 Å². The van der Waals surface area contributed by atoms with Gasteiger partial charge in [0.05, 0.1) is 12.8 Å². The lowest BCUT2D eigenvalue weighted by atomic mass is 10.2. The number of alkyl halides is 2. The van der Waals surface area contributed by atoms with Gasteiger partial charge in [-0.2, -0.15) is 5.10 Å². The maximum absolute atomic E-state index is 13.3. The minimum absolute atomic E-state index is 0.127. The highest BCUT2D eigenvalue weighted by molar-refractivity contribution is 5.32. The second-order valence-corrected chi connectivity index (χ2v) is 4.63. The average molecular weight is 296 g/mol. The lowest BCUT2D eigenvalue weighted by Gasteiger charge is -2.09. The van der Waals surface area contributed by atoms with Crippen molar-refractivity contribution in [1.29, 1.82) is 0 Å². The van der Waals surface area contributed by atoms with Crippen LogP contribution in [0.1, 0.15) is 23.2 Å². The normalized spacial score (nSPS) is 11.3. The first-order valence-corrected chi connectivity index (χ1v) is 6.61. The van der Waals surface area contributed by atoms with Crippen LogP contribution in [0.4, 0.5) is 8.78 Å². The largest absolute Gasteiger partial charge is 0.383 e. The molecule has 0 saturated carbocycles. The van der Waals surface area contributed by atoms with E-state index in [9.17, 15) is 8.78 Å². The van der Waals surface area contributed by atoms with Crippen LogP contribution in [0.2, 0.25) is 0 Å². The van der Waals surface area contributed by atoms with Crippen molar-refractivity contribution in [3.63, 3.8) is 0 Å². The average Bonchev–Trinajstić information content (AvgIpc) is 2.87. The maximum atomic E-state index is 13.3. The van der Waals surface area contributed by atoms with Crippen LogP contribution in [0.3, 0.4) is 0 Å². The second kappa shape index (κ2) is 7.24. The molecule has 0 spiro atoms. The summed E-state index contributed by atoms with van der Waals surface area (Å²) in [4.78, 5) is 4.10. The lowest BCUT2D eigenvalue weighted by molar-refractivity contribution is 0.141. The molecule has 0 bridgehead atoms. The third kappa shape index (κ3) is 3.83. The van der Waals surface area contributed by atoms with E-state index in [1.54, 1.807) is 19.4 Å². The number of aromatic nitrogens is 3.